The van der Waals surface area contributed by atoms with Crippen molar-refractivity contribution in [3.63, 3.8) is 0 Å². The lowest BCUT2D eigenvalue weighted by atomic mass is 10.00. The van der Waals surface area contributed by atoms with Gasteiger partial charge in [0.25, 0.3) is 0 Å². The molecule has 0 aliphatic carbocycles. The molecule has 0 aliphatic heterocycles. The van der Waals surface area contributed by atoms with Gasteiger partial charge in [0.15, 0.2) is 0 Å². The molecule has 2 aromatic rings. The normalized spacial score (nSPS) is 12.2. The molecule has 1 atom stereocenters. The first-order valence-electron chi connectivity index (χ1n) is 6.60. The van der Waals surface area contributed by atoms with Gasteiger partial charge in [0.05, 0.1) is 12.8 Å². The van der Waals surface area contributed by atoms with E-state index in [1.807, 2.05) is 31.2 Å². The highest BCUT2D eigenvalue weighted by Gasteiger charge is 2.16. The predicted octanol–water partition coefficient (Wildman–Crippen LogP) is 3.58. The van der Waals surface area contributed by atoms with E-state index in [0.717, 1.165) is 29.0 Å². The molecule has 0 spiro atoms. The first-order chi connectivity index (χ1) is 9.65. The van der Waals surface area contributed by atoms with E-state index in [-0.39, 0.29) is 0 Å². The van der Waals surface area contributed by atoms with Crippen molar-refractivity contribution in [1.82, 2.24) is 4.98 Å². The van der Waals surface area contributed by atoms with Crippen LogP contribution in [0.3, 0.4) is 0 Å². The molecule has 0 amide bonds. The summed E-state index contributed by atoms with van der Waals surface area (Å²) in [7, 11) is 1.61. The van der Waals surface area contributed by atoms with E-state index in [2.05, 4.69) is 4.98 Å². The Morgan fingerprint density at radius 1 is 1.30 bits per heavy atom. The Kier molecular flexibility index (Phi) is 4.99. The zero-order valence-corrected chi connectivity index (χ0v) is 12.4. The van der Waals surface area contributed by atoms with Crippen LogP contribution in [0.2, 0.25) is 5.02 Å². The van der Waals surface area contributed by atoms with Crippen LogP contribution in [-0.4, -0.2) is 17.2 Å². The van der Waals surface area contributed by atoms with Gasteiger partial charge in [-0.3, -0.25) is 4.98 Å². The summed E-state index contributed by atoms with van der Waals surface area (Å²) >= 11 is 6.01. The van der Waals surface area contributed by atoms with Gasteiger partial charge in [-0.2, -0.15) is 0 Å². The van der Waals surface area contributed by atoms with Crippen LogP contribution in [0.25, 0.3) is 0 Å². The van der Waals surface area contributed by atoms with Crippen molar-refractivity contribution in [1.29, 1.82) is 0 Å². The van der Waals surface area contributed by atoms with E-state index >= 15 is 0 Å². The van der Waals surface area contributed by atoms with E-state index in [0.29, 0.717) is 11.4 Å². The molecule has 2 rings (SSSR count). The highest BCUT2D eigenvalue weighted by Crippen LogP contribution is 2.28. The Balaban J connectivity index is 2.27. The van der Waals surface area contributed by atoms with Crippen molar-refractivity contribution in [3.8, 4) is 5.75 Å². The molecule has 1 aromatic heterocycles. The van der Waals surface area contributed by atoms with Gasteiger partial charge in [-0.25, -0.2) is 0 Å². The summed E-state index contributed by atoms with van der Waals surface area (Å²) in [5, 5.41) is 11.1. The second kappa shape index (κ2) is 6.73. The third-order valence-electron chi connectivity index (χ3n) is 3.28. The van der Waals surface area contributed by atoms with Crippen LogP contribution in [0.1, 0.15) is 29.8 Å². The Bertz CT molecular complexity index is 586. The lowest BCUT2D eigenvalue weighted by molar-refractivity contribution is 0.171. The number of rotatable bonds is 5. The van der Waals surface area contributed by atoms with E-state index in [9.17, 15) is 5.11 Å². The van der Waals surface area contributed by atoms with Crippen molar-refractivity contribution >= 4 is 11.6 Å². The maximum absolute atomic E-state index is 10.4. The third-order valence-corrected chi connectivity index (χ3v) is 3.51. The maximum atomic E-state index is 10.4. The monoisotopic (exact) mass is 291 g/mol. The van der Waals surface area contributed by atoms with E-state index < -0.39 is 6.10 Å². The van der Waals surface area contributed by atoms with Gasteiger partial charge in [0, 0.05) is 17.6 Å². The molecule has 1 unspecified atom stereocenters. The van der Waals surface area contributed by atoms with Gasteiger partial charge in [-0.05, 0) is 41.8 Å². The summed E-state index contributed by atoms with van der Waals surface area (Å²) < 4.78 is 5.30. The molecule has 0 fully saturated rings. The van der Waals surface area contributed by atoms with Crippen LogP contribution in [0.5, 0.6) is 5.75 Å². The Labute approximate surface area is 124 Å². The van der Waals surface area contributed by atoms with E-state index in [1.165, 1.54) is 0 Å². The number of aromatic nitrogens is 1. The topological polar surface area (TPSA) is 42.4 Å². The number of benzene rings is 1. The first-order valence-corrected chi connectivity index (χ1v) is 6.97. The van der Waals surface area contributed by atoms with Crippen LogP contribution in [0, 0.1) is 0 Å². The van der Waals surface area contributed by atoms with Crippen molar-refractivity contribution in [2.45, 2.75) is 25.9 Å². The molecule has 20 heavy (non-hydrogen) atoms. The molecule has 1 aromatic carbocycles. The second-order valence-electron chi connectivity index (χ2n) is 4.58. The minimum absolute atomic E-state index is 0.424. The molecular formula is C16H18ClNO2. The van der Waals surface area contributed by atoms with Crippen LogP contribution in [0.4, 0.5) is 0 Å². The summed E-state index contributed by atoms with van der Waals surface area (Å²) in [5.74, 6) is 0.724. The number of methoxy groups -OCH3 is 1. The van der Waals surface area contributed by atoms with Gasteiger partial charge < -0.3 is 9.84 Å². The van der Waals surface area contributed by atoms with Crippen LogP contribution < -0.4 is 4.74 Å². The minimum atomic E-state index is -0.668. The summed E-state index contributed by atoms with van der Waals surface area (Å²) in [6.45, 7) is 2.05. The molecule has 0 aliphatic rings. The fourth-order valence-electron chi connectivity index (χ4n) is 2.26. The summed E-state index contributed by atoms with van der Waals surface area (Å²) in [6, 6.07) is 9.27. The average molecular weight is 292 g/mol. The highest BCUT2D eigenvalue weighted by atomic mass is 35.5. The molecule has 0 radical (unpaired) electrons. The Hall–Kier alpha value is -1.58. The van der Waals surface area contributed by atoms with Gasteiger partial charge in [-0.15, -0.1) is 0 Å². The first kappa shape index (κ1) is 14.8. The number of aliphatic hydroxyl groups is 1. The van der Waals surface area contributed by atoms with Crippen molar-refractivity contribution < 1.29 is 9.84 Å². The van der Waals surface area contributed by atoms with Crippen molar-refractivity contribution in [2.24, 2.45) is 0 Å². The average Bonchev–Trinajstić information content (AvgIpc) is 2.47. The summed E-state index contributed by atoms with van der Waals surface area (Å²) in [6.07, 6.45) is 2.30. The number of pyridine rings is 1. The number of ether oxygens (including phenoxy) is 1. The Morgan fingerprint density at radius 3 is 2.80 bits per heavy atom. The summed E-state index contributed by atoms with van der Waals surface area (Å²) in [5.41, 5.74) is 2.65. The fraction of sp³-hybridized carbons (Fsp3) is 0.312. The predicted molar refractivity (Wildman–Crippen MR) is 80.3 cm³/mol. The van der Waals surface area contributed by atoms with Crippen LogP contribution in [-0.2, 0) is 12.8 Å². The van der Waals surface area contributed by atoms with Crippen LogP contribution >= 0.6 is 11.6 Å². The number of hydrogen-bond acceptors (Lipinski definition) is 3. The number of hydrogen-bond donors (Lipinski definition) is 1. The van der Waals surface area contributed by atoms with Crippen molar-refractivity contribution in [2.75, 3.05) is 7.11 Å². The number of aliphatic hydroxyl groups excluding tert-OH is 1. The molecule has 0 saturated carbocycles. The molecule has 1 heterocycles. The SMILES string of the molecule is CCc1cccnc1C(O)Cc1cc(Cl)ccc1OC. The van der Waals surface area contributed by atoms with Crippen LogP contribution in [0.15, 0.2) is 36.5 Å². The summed E-state index contributed by atoms with van der Waals surface area (Å²) in [4.78, 5) is 4.30. The molecule has 106 valence electrons. The van der Waals surface area contributed by atoms with Gasteiger partial charge >= 0.3 is 0 Å². The Morgan fingerprint density at radius 2 is 2.10 bits per heavy atom. The molecule has 3 nitrogen and oxygen atoms in total. The second-order valence-corrected chi connectivity index (χ2v) is 5.01. The largest absolute Gasteiger partial charge is 0.496 e. The van der Waals surface area contributed by atoms with Gasteiger partial charge in [0.1, 0.15) is 11.9 Å². The smallest absolute Gasteiger partial charge is 0.122 e. The van der Waals surface area contributed by atoms with Gasteiger partial charge in [0.2, 0.25) is 0 Å². The lowest BCUT2D eigenvalue weighted by Gasteiger charge is -2.15. The number of nitrogens with zero attached hydrogens (tertiary/aromatic N) is 1. The molecule has 0 saturated heterocycles. The lowest BCUT2D eigenvalue weighted by Crippen LogP contribution is -2.08. The molecule has 1 N–H and O–H groups in total. The fourth-order valence-corrected chi connectivity index (χ4v) is 2.46. The molecule has 0 bridgehead atoms. The van der Waals surface area contributed by atoms with E-state index in [1.54, 1.807) is 19.4 Å². The zero-order chi connectivity index (χ0) is 14.5. The maximum Gasteiger partial charge on any atom is 0.122 e. The minimum Gasteiger partial charge on any atom is -0.496 e. The van der Waals surface area contributed by atoms with Crippen molar-refractivity contribution in [3.05, 3.63) is 58.4 Å². The quantitative estimate of drug-likeness (QED) is 0.915. The standard InChI is InChI=1S/C16H18ClNO2/c1-3-11-5-4-8-18-16(11)14(19)10-12-9-13(17)6-7-15(12)20-2/h4-9,14,19H,3,10H2,1-2H3. The number of aryl methyl sites for hydroxylation is 1. The van der Waals surface area contributed by atoms with Gasteiger partial charge in [-0.1, -0.05) is 24.6 Å². The molecular weight excluding hydrogens is 274 g/mol. The zero-order valence-electron chi connectivity index (χ0n) is 11.6. The van der Waals surface area contributed by atoms with E-state index in [4.69, 9.17) is 16.3 Å². The third kappa shape index (κ3) is 3.30. The molecule has 4 heteroatoms. The number of halogens is 1. The highest BCUT2D eigenvalue weighted by molar-refractivity contribution is 6.30.